The minimum absolute atomic E-state index is 0.132. The smallest absolute Gasteiger partial charge is 0.305 e. The fourth-order valence-electron chi connectivity index (χ4n) is 1.50. The maximum Gasteiger partial charge on any atom is 0.305 e. The molecule has 2 fully saturated rings. The first-order valence-corrected chi connectivity index (χ1v) is 6.19. The number of esters is 1. The van der Waals surface area contributed by atoms with E-state index >= 15 is 0 Å². The fraction of sp³-hybridized carbons (Fsp3) is 0.833. The second-order valence-electron chi connectivity index (χ2n) is 4.80. The quantitative estimate of drug-likeness (QED) is 0.524. The summed E-state index contributed by atoms with van der Waals surface area (Å²) in [6.45, 7) is 1.18. The molecule has 4 nitrogen and oxygen atoms in total. The zero-order valence-electron chi connectivity index (χ0n) is 9.54. The highest BCUT2D eigenvalue weighted by Gasteiger charge is 2.29. The molecule has 4 heteroatoms. The lowest BCUT2D eigenvalue weighted by atomic mass is 10.3. The Hall–Kier alpha value is -1.06. The molecule has 16 heavy (non-hydrogen) atoms. The van der Waals surface area contributed by atoms with E-state index in [0.717, 1.165) is 12.8 Å². The van der Waals surface area contributed by atoms with Crippen LogP contribution in [-0.2, 0) is 14.3 Å². The van der Waals surface area contributed by atoms with E-state index in [0.29, 0.717) is 31.9 Å². The van der Waals surface area contributed by atoms with Crippen molar-refractivity contribution in [1.82, 2.24) is 5.32 Å². The number of carbonyl (C=O) groups is 2. The number of amides is 1. The molecule has 0 saturated heterocycles. The minimum Gasteiger partial charge on any atom is -0.465 e. The summed E-state index contributed by atoms with van der Waals surface area (Å²) >= 11 is 0. The van der Waals surface area contributed by atoms with E-state index in [-0.39, 0.29) is 17.8 Å². The molecular formula is C12H19NO3. The van der Waals surface area contributed by atoms with Crippen LogP contribution in [0.5, 0.6) is 0 Å². The lowest BCUT2D eigenvalue weighted by molar-refractivity contribution is -0.144. The van der Waals surface area contributed by atoms with Crippen LogP contribution in [0.2, 0.25) is 0 Å². The second kappa shape index (κ2) is 5.32. The lowest BCUT2D eigenvalue weighted by Crippen LogP contribution is -2.26. The van der Waals surface area contributed by atoms with Gasteiger partial charge in [-0.05, 0) is 38.0 Å². The number of nitrogens with one attached hydrogen (secondary N) is 1. The van der Waals surface area contributed by atoms with Gasteiger partial charge in [0.1, 0.15) is 0 Å². The molecule has 0 unspecified atom stereocenters. The maximum absolute atomic E-state index is 11.2. The third kappa shape index (κ3) is 4.21. The Morgan fingerprint density at radius 2 is 1.94 bits per heavy atom. The molecule has 0 radical (unpaired) electrons. The maximum atomic E-state index is 11.2. The van der Waals surface area contributed by atoms with Crippen molar-refractivity contribution in [2.75, 3.05) is 13.2 Å². The monoisotopic (exact) mass is 225 g/mol. The highest BCUT2D eigenvalue weighted by molar-refractivity contribution is 5.80. The SMILES string of the molecule is O=C(CCCNC(=O)C1CC1)OCC1CC1. The standard InChI is InChI=1S/C12H19NO3/c14-11(16-8-9-3-4-9)2-1-7-13-12(15)10-5-6-10/h9-10H,1-8H2,(H,13,15). The molecular weight excluding hydrogens is 206 g/mol. The molecule has 0 spiro atoms. The first kappa shape index (κ1) is 11.4. The predicted octanol–water partition coefficient (Wildman–Crippen LogP) is 1.25. The van der Waals surface area contributed by atoms with E-state index in [9.17, 15) is 9.59 Å². The van der Waals surface area contributed by atoms with Crippen molar-refractivity contribution in [3.63, 3.8) is 0 Å². The van der Waals surface area contributed by atoms with Crippen LogP contribution in [0.15, 0.2) is 0 Å². The van der Waals surface area contributed by atoms with Gasteiger partial charge in [-0.2, -0.15) is 0 Å². The molecule has 0 bridgehead atoms. The summed E-state index contributed by atoms with van der Waals surface area (Å²) in [5.41, 5.74) is 0. The Morgan fingerprint density at radius 3 is 2.56 bits per heavy atom. The third-order valence-electron chi connectivity index (χ3n) is 2.98. The molecule has 2 rings (SSSR count). The van der Waals surface area contributed by atoms with Crippen molar-refractivity contribution in [2.24, 2.45) is 11.8 Å². The normalized spacial score (nSPS) is 19.2. The summed E-state index contributed by atoms with van der Waals surface area (Å²) in [4.78, 5) is 22.5. The van der Waals surface area contributed by atoms with Crippen molar-refractivity contribution >= 4 is 11.9 Å². The predicted molar refractivity (Wildman–Crippen MR) is 58.7 cm³/mol. The molecule has 2 saturated carbocycles. The summed E-state index contributed by atoms with van der Waals surface area (Å²) in [5.74, 6) is 0.888. The Labute approximate surface area is 95.7 Å². The van der Waals surface area contributed by atoms with Crippen molar-refractivity contribution in [3.05, 3.63) is 0 Å². The van der Waals surface area contributed by atoms with Gasteiger partial charge in [0.25, 0.3) is 0 Å². The van der Waals surface area contributed by atoms with Gasteiger partial charge in [-0.1, -0.05) is 0 Å². The minimum atomic E-state index is -0.132. The van der Waals surface area contributed by atoms with Crippen LogP contribution in [0.1, 0.15) is 38.5 Å². The summed E-state index contributed by atoms with van der Waals surface area (Å²) < 4.78 is 5.08. The van der Waals surface area contributed by atoms with E-state index in [1.807, 2.05) is 0 Å². The summed E-state index contributed by atoms with van der Waals surface area (Å²) in [6, 6.07) is 0. The van der Waals surface area contributed by atoms with Crippen molar-refractivity contribution in [3.8, 4) is 0 Å². The average Bonchev–Trinajstić information content (AvgIpc) is 3.15. The lowest BCUT2D eigenvalue weighted by Gasteiger charge is -2.05. The molecule has 0 aromatic rings. The van der Waals surface area contributed by atoms with Crippen molar-refractivity contribution < 1.29 is 14.3 Å². The van der Waals surface area contributed by atoms with Crippen LogP contribution in [0.25, 0.3) is 0 Å². The molecule has 0 atom stereocenters. The zero-order chi connectivity index (χ0) is 11.4. The van der Waals surface area contributed by atoms with Gasteiger partial charge in [0.2, 0.25) is 5.91 Å². The molecule has 1 N–H and O–H groups in total. The molecule has 0 heterocycles. The Morgan fingerprint density at radius 1 is 1.19 bits per heavy atom. The summed E-state index contributed by atoms with van der Waals surface area (Å²) in [5, 5.41) is 2.83. The van der Waals surface area contributed by atoms with E-state index in [2.05, 4.69) is 5.32 Å². The number of ether oxygens (including phenoxy) is 1. The van der Waals surface area contributed by atoms with Crippen LogP contribution in [0, 0.1) is 11.8 Å². The summed E-state index contributed by atoms with van der Waals surface area (Å²) in [6.07, 6.45) is 5.54. The van der Waals surface area contributed by atoms with Gasteiger partial charge < -0.3 is 10.1 Å². The molecule has 2 aliphatic rings. The first-order valence-electron chi connectivity index (χ1n) is 6.19. The second-order valence-corrected chi connectivity index (χ2v) is 4.80. The highest BCUT2D eigenvalue weighted by atomic mass is 16.5. The molecule has 2 aliphatic carbocycles. The largest absolute Gasteiger partial charge is 0.465 e. The first-order chi connectivity index (χ1) is 7.75. The zero-order valence-corrected chi connectivity index (χ0v) is 9.54. The van der Waals surface area contributed by atoms with Crippen molar-refractivity contribution in [1.29, 1.82) is 0 Å². The van der Waals surface area contributed by atoms with Gasteiger partial charge in [-0.3, -0.25) is 9.59 Å². The van der Waals surface area contributed by atoms with Crippen LogP contribution >= 0.6 is 0 Å². The van der Waals surface area contributed by atoms with E-state index in [1.54, 1.807) is 0 Å². The molecule has 1 amide bonds. The third-order valence-corrected chi connectivity index (χ3v) is 2.98. The van der Waals surface area contributed by atoms with Gasteiger partial charge >= 0.3 is 5.97 Å². The van der Waals surface area contributed by atoms with Gasteiger partial charge in [0.15, 0.2) is 0 Å². The topological polar surface area (TPSA) is 55.4 Å². The van der Waals surface area contributed by atoms with Gasteiger partial charge in [0.05, 0.1) is 6.61 Å². The van der Waals surface area contributed by atoms with Crippen molar-refractivity contribution in [2.45, 2.75) is 38.5 Å². The fourth-order valence-corrected chi connectivity index (χ4v) is 1.50. The molecule has 90 valence electrons. The Bertz CT molecular complexity index is 269. The van der Waals surface area contributed by atoms with Gasteiger partial charge in [0, 0.05) is 18.9 Å². The van der Waals surface area contributed by atoms with E-state index < -0.39 is 0 Å². The van der Waals surface area contributed by atoms with Gasteiger partial charge in [-0.25, -0.2) is 0 Å². The Balaban J connectivity index is 1.43. The number of carbonyl (C=O) groups excluding carboxylic acids is 2. The number of rotatable bonds is 7. The summed E-state index contributed by atoms with van der Waals surface area (Å²) in [7, 11) is 0. The number of hydrogen-bond donors (Lipinski definition) is 1. The molecule has 0 aromatic carbocycles. The van der Waals surface area contributed by atoms with E-state index in [4.69, 9.17) is 4.74 Å². The molecule has 0 aromatic heterocycles. The van der Waals surface area contributed by atoms with Crippen LogP contribution in [0.4, 0.5) is 0 Å². The Kier molecular flexibility index (Phi) is 3.80. The number of hydrogen-bond acceptors (Lipinski definition) is 3. The highest BCUT2D eigenvalue weighted by Crippen LogP contribution is 2.29. The molecule has 0 aliphatic heterocycles. The van der Waals surface area contributed by atoms with Gasteiger partial charge in [-0.15, -0.1) is 0 Å². The van der Waals surface area contributed by atoms with Crippen LogP contribution in [0.3, 0.4) is 0 Å². The van der Waals surface area contributed by atoms with Crippen LogP contribution < -0.4 is 5.32 Å². The average molecular weight is 225 g/mol. The van der Waals surface area contributed by atoms with E-state index in [1.165, 1.54) is 12.8 Å². The van der Waals surface area contributed by atoms with Crippen LogP contribution in [-0.4, -0.2) is 25.0 Å².